The van der Waals surface area contributed by atoms with Gasteiger partial charge in [0.25, 0.3) is 11.8 Å². The Hall–Kier alpha value is -4.19. The van der Waals surface area contributed by atoms with Crippen molar-refractivity contribution in [3.8, 4) is 5.75 Å². The van der Waals surface area contributed by atoms with Crippen LogP contribution in [0.3, 0.4) is 0 Å². The van der Waals surface area contributed by atoms with Crippen molar-refractivity contribution in [2.24, 2.45) is 0 Å². The minimum atomic E-state index is -0.461. The van der Waals surface area contributed by atoms with Crippen molar-refractivity contribution in [1.82, 2.24) is 5.32 Å². The molecule has 156 valence electrons. The second-order valence-corrected chi connectivity index (χ2v) is 6.86. The molecule has 3 aromatic rings. The van der Waals surface area contributed by atoms with Crippen LogP contribution in [0.5, 0.6) is 5.75 Å². The Kier molecular flexibility index (Phi) is 6.96. The Morgan fingerprint density at radius 1 is 0.839 bits per heavy atom. The second kappa shape index (κ2) is 10.0. The molecule has 6 heteroatoms. The maximum Gasteiger partial charge on any atom is 0.308 e. The van der Waals surface area contributed by atoms with Crippen LogP contribution < -0.4 is 15.4 Å². The van der Waals surface area contributed by atoms with E-state index in [-0.39, 0.29) is 5.70 Å². The number of nitrogens with one attached hydrogen (secondary N) is 2. The highest BCUT2D eigenvalue weighted by Gasteiger charge is 2.15. The van der Waals surface area contributed by atoms with Crippen LogP contribution >= 0.6 is 0 Å². The third kappa shape index (κ3) is 6.40. The molecule has 0 aliphatic carbocycles. The average molecular weight is 414 g/mol. The Morgan fingerprint density at radius 2 is 1.48 bits per heavy atom. The van der Waals surface area contributed by atoms with Crippen molar-refractivity contribution in [3.63, 3.8) is 0 Å². The fourth-order valence-corrected chi connectivity index (χ4v) is 2.74. The molecule has 0 heterocycles. The molecule has 3 aromatic carbocycles. The van der Waals surface area contributed by atoms with Gasteiger partial charge in [0, 0.05) is 18.2 Å². The number of carbonyl (C=O) groups is 3. The van der Waals surface area contributed by atoms with Crippen molar-refractivity contribution >= 4 is 29.5 Å². The van der Waals surface area contributed by atoms with Crippen molar-refractivity contribution in [2.75, 3.05) is 5.32 Å². The van der Waals surface area contributed by atoms with E-state index in [4.69, 9.17) is 4.74 Å². The summed E-state index contributed by atoms with van der Waals surface area (Å²) in [6, 6.07) is 22.6. The van der Waals surface area contributed by atoms with Gasteiger partial charge in [0.1, 0.15) is 11.4 Å². The first kappa shape index (κ1) is 21.5. The highest BCUT2D eigenvalue weighted by molar-refractivity contribution is 6.10. The molecule has 31 heavy (non-hydrogen) atoms. The Balaban J connectivity index is 1.86. The minimum absolute atomic E-state index is 0.0784. The van der Waals surface area contributed by atoms with Gasteiger partial charge in [-0.25, -0.2) is 0 Å². The maximum absolute atomic E-state index is 12.9. The smallest absolute Gasteiger partial charge is 0.308 e. The third-order valence-electron chi connectivity index (χ3n) is 4.29. The number of amides is 2. The first-order valence-corrected chi connectivity index (χ1v) is 9.65. The van der Waals surface area contributed by atoms with E-state index in [1.165, 1.54) is 6.92 Å². The van der Waals surface area contributed by atoms with Crippen LogP contribution in [0.2, 0.25) is 0 Å². The number of rotatable bonds is 6. The lowest BCUT2D eigenvalue weighted by atomic mass is 10.1. The van der Waals surface area contributed by atoms with Crippen molar-refractivity contribution in [2.45, 2.75) is 13.8 Å². The molecular formula is C25H22N2O4. The van der Waals surface area contributed by atoms with Crippen LogP contribution in [0.15, 0.2) is 84.6 Å². The van der Waals surface area contributed by atoms with Crippen LogP contribution in [-0.2, 0) is 9.59 Å². The molecule has 3 rings (SSSR count). The zero-order valence-corrected chi connectivity index (χ0v) is 17.2. The Morgan fingerprint density at radius 3 is 2.10 bits per heavy atom. The topological polar surface area (TPSA) is 84.5 Å². The minimum Gasteiger partial charge on any atom is -0.427 e. The molecule has 0 unspecified atom stereocenters. The Bertz CT molecular complexity index is 1100. The summed E-state index contributed by atoms with van der Waals surface area (Å²) < 4.78 is 5.02. The standard InChI is InChI=1S/C25H22N2O4/c1-17-8-12-21(13-9-17)26-25(30)23(27-24(29)20-6-4-3-5-7-20)16-19-10-14-22(15-11-19)31-18(2)28/h3-16H,1-2H3,(H,26,30)(H,27,29). The molecule has 0 aliphatic rings. The fraction of sp³-hybridized carbons (Fsp3) is 0.0800. The number of hydrogen-bond acceptors (Lipinski definition) is 4. The van der Waals surface area contributed by atoms with E-state index >= 15 is 0 Å². The first-order valence-electron chi connectivity index (χ1n) is 9.65. The molecule has 0 atom stereocenters. The molecule has 0 fully saturated rings. The van der Waals surface area contributed by atoms with Crippen LogP contribution in [0.4, 0.5) is 5.69 Å². The zero-order valence-electron chi connectivity index (χ0n) is 17.2. The van der Waals surface area contributed by atoms with Crippen molar-refractivity contribution in [1.29, 1.82) is 0 Å². The van der Waals surface area contributed by atoms with E-state index in [0.29, 0.717) is 22.6 Å². The summed E-state index contributed by atoms with van der Waals surface area (Å²) in [5.41, 5.74) is 2.84. The molecule has 0 bridgehead atoms. The Labute approximate surface area is 180 Å². The fourth-order valence-electron chi connectivity index (χ4n) is 2.74. The SMILES string of the molecule is CC(=O)Oc1ccc(C=C(NC(=O)c2ccccc2)C(=O)Nc2ccc(C)cc2)cc1. The molecule has 0 radical (unpaired) electrons. The van der Waals surface area contributed by atoms with E-state index in [1.807, 2.05) is 25.1 Å². The molecule has 0 spiro atoms. The normalized spacial score (nSPS) is 10.8. The monoisotopic (exact) mass is 414 g/mol. The third-order valence-corrected chi connectivity index (χ3v) is 4.29. The highest BCUT2D eigenvalue weighted by atomic mass is 16.5. The van der Waals surface area contributed by atoms with E-state index in [9.17, 15) is 14.4 Å². The van der Waals surface area contributed by atoms with Gasteiger partial charge in [-0.2, -0.15) is 0 Å². The predicted molar refractivity (Wildman–Crippen MR) is 119 cm³/mol. The summed E-state index contributed by atoms with van der Waals surface area (Å²) in [5, 5.41) is 5.48. The lowest BCUT2D eigenvalue weighted by Gasteiger charge is -2.12. The lowest BCUT2D eigenvalue weighted by molar-refractivity contribution is -0.131. The first-order chi connectivity index (χ1) is 14.9. The summed E-state index contributed by atoms with van der Waals surface area (Å²) in [7, 11) is 0. The van der Waals surface area contributed by atoms with E-state index in [2.05, 4.69) is 10.6 Å². The molecule has 0 saturated carbocycles. The van der Waals surface area contributed by atoms with Crippen LogP contribution in [0.1, 0.15) is 28.4 Å². The molecule has 0 saturated heterocycles. The summed E-state index contributed by atoms with van der Waals surface area (Å²) >= 11 is 0. The van der Waals surface area contributed by atoms with Crippen LogP contribution in [0, 0.1) is 6.92 Å². The van der Waals surface area contributed by atoms with Gasteiger partial charge in [0.2, 0.25) is 0 Å². The van der Waals surface area contributed by atoms with Crippen LogP contribution in [-0.4, -0.2) is 17.8 Å². The van der Waals surface area contributed by atoms with E-state index in [0.717, 1.165) is 5.56 Å². The molecular weight excluding hydrogens is 392 g/mol. The van der Waals surface area contributed by atoms with Crippen molar-refractivity contribution < 1.29 is 19.1 Å². The average Bonchev–Trinajstić information content (AvgIpc) is 2.76. The molecule has 0 aromatic heterocycles. The summed E-state index contributed by atoms with van der Waals surface area (Å²) in [4.78, 5) is 36.6. The molecule has 2 N–H and O–H groups in total. The summed E-state index contributed by atoms with van der Waals surface area (Å²) in [6.07, 6.45) is 1.56. The number of ether oxygens (including phenoxy) is 1. The van der Waals surface area contributed by atoms with Crippen molar-refractivity contribution in [3.05, 3.63) is 101 Å². The van der Waals surface area contributed by atoms with E-state index < -0.39 is 17.8 Å². The van der Waals surface area contributed by atoms with Gasteiger partial charge < -0.3 is 15.4 Å². The number of aryl methyl sites for hydroxylation is 1. The molecule has 2 amide bonds. The molecule has 6 nitrogen and oxygen atoms in total. The zero-order chi connectivity index (χ0) is 22.2. The van der Waals surface area contributed by atoms with Gasteiger partial charge in [-0.3, -0.25) is 14.4 Å². The summed E-state index contributed by atoms with van der Waals surface area (Å²) in [5.74, 6) is -0.889. The predicted octanol–water partition coefficient (Wildman–Crippen LogP) is 4.33. The van der Waals surface area contributed by atoms with Gasteiger partial charge in [-0.1, -0.05) is 48.0 Å². The van der Waals surface area contributed by atoms with Gasteiger partial charge in [0.15, 0.2) is 0 Å². The number of carbonyl (C=O) groups excluding carboxylic acids is 3. The second-order valence-electron chi connectivity index (χ2n) is 6.86. The number of esters is 1. The summed E-state index contributed by atoms with van der Waals surface area (Å²) in [6.45, 7) is 3.27. The van der Waals surface area contributed by atoms with E-state index in [1.54, 1.807) is 66.7 Å². The van der Waals surface area contributed by atoms with Crippen LogP contribution in [0.25, 0.3) is 6.08 Å². The van der Waals surface area contributed by atoms with Gasteiger partial charge in [0.05, 0.1) is 0 Å². The van der Waals surface area contributed by atoms with Gasteiger partial charge in [-0.15, -0.1) is 0 Å². The highest BCUT2D eigenvalue weighted by Crippen LogP contribution is 2.16. The largest absolute Gasteiger partial charge is 0.427 e. The number of anilines is 1. The number of hydrogen-bond donors (Lipinski definition) is 2. The lowest BCUT2D eigenvalue weighted by Crippen LogP contribution is -2.30. The van der Waals surface area contributed by atoms with Gasteiger partial charge in [-0.05, 0) is 55.0 Å². The molecule has 0 aliphatic heterocycles. The quantitative estimate of drug-likeness (QED) is 0.357. The maximum atomic E-state index is 12.9. The number of benzene rings is 3. The van der Waals surface area contributed by atoms with Gasteiger partial charge >= 0.3 is 5.97 Å².